The number of fused-ring (bicyclic) bond motifs is 1. The first-order chi connectivity index (χ1) is 18.4. The van der Waals surface area contributed by atoms with E-state index in [0.29, 0.717) is 29.1 Å². The molecular formula is C28H20Br4N2O5. The number of benzene rings is 3. The predicted molar refractivity (Wildman–Crippen MR) is 162 cm³/mol. The van der Waals surface area contributed by atoms with Crippen molar-refractivity contribution in [2.75, 3.05) is 16.3 Å². The van der Waals surface area contributed by atoms with Gasteiger partial charge in [0.2, 0.25) is 5.91 Å². The van der Waals surface area contributed by atoms with Crippen molar-refractivity contribution in [2.45, 2.75) is 27.2 Å². The number of nitrogens with zero attached hydrogens (tertiary/aromatic N) is 2. The minimum Gasteiger partial charge on any atom is -0.426 e. The highest BCUT2D eigenvalue weighted by Gasteiger charge is 2.42. The molecule has 1 saturated heterocycles. The van der Waals surface area contributed by atoms with Crippen LogP contribution in [0.2, 0.25) is 0 Å². The second-order valence-corrected chi connectivity index (χ2v) is 12.7. The van der Waals surface area contributed by atoms with Crippen LogP contribution < -0.4 is 14.5 Å². The van der Waals surface area contributed by atoms with E-state index in [0.717, 1.165) is 21.7 Å². The largest absolute Gasteiger partial charge is 0.426 e. The highest BCUT2D eigenvalue weighted by molar-refractivity contribution is 9.15. The number of hydrogen-bond acceptors (Lipinski definition) is 5. The van der Waals surface area contributed by atoms with E-state index >= 15 is 0 Å². The van der Waals surface area contributed by atoms with Crippen molar-refractivity contribution in [3.63, 3.8) is 0 Å². The molecule has 0 spiro atoms. The summed E-state index contributed by atoms with van der Waals surface area (Å²) in [6, 6.07) is 10.5. The Kier molecular flexibility index (Phi) is 7.64. The van der Waals surface area contributed by atoms with Gasteiger partial charge in [0.15, 0.2) is 0 Å². The molecule has 3 aromatic carbocycles. The first kappa shape index (κ1) is 28.2. The lowest BCUT2D eigenvalue weighted by molar-refractivity contribution is -0.139. The maximum atomic E-state index is 13.3. The lowest BCUT2D eigenvalue weighted by Gasteiger charge is -2.19. The third-order valence-corrected chi connectivity index (χ3v) is 11.8. The summed E-state index contributed by atoms with van der Waals surface area (Å²) in [6.07, 6.45) is 0.0622. The molecule has 0 N–H and O–H groups in total. The summed E-state index contributed by atoms with van der Waals surface area (Å²) in [6.45, 7) is 5.95. The molecular weight excluding hydrogens is 764 g/mol. The zero-order chi connectivity index (χ0) is 28.3. The average molecular weight is 784 g/mol. The highest BCUT2D eigenvalue weighted by Crippen LogP contribution is 2.46. The van der Waals surface area contributed by atoms with Gasteiger partial charge in [0.25, 0.3) is 11.8 Å². The molecule has 5 rings (SSSR count). The summed E-state index contributed by atoms with van der Waals surface area (Å²) < 4.78 is 7.78. The zero-order valence-electron chi connectivity index (χ0n) is 20.9. The fourth-order valence-corrected chi connectivity index (χ4v) is 7.18. The Morgan fingerprint density at radius 1 is 0.795 bits per heavy atom. The van der Waals surface area contributed by atoms with Crippen LogP contribution in [0.4, 0.5) is 11.4 Å². The van der Waals surface area contributed by atoms with E-state index < -0.39 is 23.7 Å². The minimum atomic E-state index is -0.609. The third-order valence-electron chi connectivity index (χ3n) is 6.99. The van der Waals surface area contributed by atoms with Crippen molar-refractivity contribution in [2.24, 2.45) is 5.92 Å². The standard InChI is InChI=1S/C28H20Br4N2O5/c1-12-4-5-16(8-13(12)2)33-11-15(10-19(33)35)28(38)39-17-6-7-18(14(3)9-17)34-26(36)20-21(27(34)37)23(30)25(32)24(31)22(20)29/h4-9,15H,10-11H2,1-3H3/t15-/m1/s1. The van der Waals surface area contributed by atoms with Gasteiger partial charge < -0.3 is 9.64 Å². The summed E-state index contributed by atoms with van der Waals surface area (Å²) in [5.41, 5.74) is 4.40. The number of anilines is 2. The molecule has 39 heavy (non-hydrogen) atoms. The van der Waals surface area contributed by atoms with Crippen molar-refractivity contribution >= 4 is 98.8 Å². The van der Waals surface area contributed by atoms with E-state index in [2.05, 4.69) is 63.7 Å². The number of carbonyl (C=O) groups is 4. The van der Waals surface area contributed by atoms with Gasteiger partial charge in [-0.3, -0.25) is 19.2 Å². The number of ether oxygens (including phenoxy) is 1. The van der Waals surface area contributed by atoms with Crippen LogP contribution >= 0.6 is 63.7 Å². The molecule has 0 unspecified atom stereocenters. The van der Waals surface area contributed by atoms with Crippen LogP contribution in [0.25, 0.3) is 0 Å². The van der Waals surface area contributed by atoms with Crippen molar-refractivity contribution in [3.05, 3.63) is 82.1 Å². The van der Waals surface area contributed by atoms with Crippen molar-refractivity contribution in [1.29, 1.82) is 0 Å². The first-order valence-corrected chi connectivity index (χ1v) is 15.0. The van der Waals surface area contributed by atoms with Gasteiger partial charge in [0.1, 0.15) is 5.75 Å². The molecule has 3 amide bonds. The van der Waals surface area contributed by atoms with Gasteiger partial charge in [0.05, 0.1) is 22.7 Å². The summed E-state index contributed by atoms with van der Waals surface area (Å²) in [4.78, 5) is 55.0. The van der Waals surface area contributed by atoms with Crippen LogP contribution in [-0.4, -0.2) is 30.2 Å². The van der Waals surface area contributed by atoms with Gasteiger partial charge in [-0.15, -0.1) is 0 Å². The van der Waals surface area contributed by atoms with Gasteiger partial charge >= 0.3 is 5.97 Å². The van der Waals surface area contributed by atoms with Crippen molar-refractivity contribution in [3.8, 4) is 5.75 Å². The Hall–Kier alpha value is -2.34. The topological polar surface area (TPSA) is 84.0 Å². The molecule has 0 bridgehead atoms. The van der Waals surface area contributed by atoms with Gasteiger partial charge in [0, 0.05) is 36.5 Å². The molecule has 200 valence electrons. The van der Waals surface area contributed by atoms with Gasteiger partial charge in [-0.05, 0) is 132 Å². The number of amides is 3. The summed E-state index contributed by atoms with van der Waals surface area (Å²) in [5.74, 6) is -1.93. The lowest BCUT2D eigenvalue weighted by Crippen LogP contribution is -2.30. The van der Waals surface area contributed by atoms with Gasteiger partial charge in [-0.1, -0.05) is 6.07 Å². The minimum absolute atomic E-state index is 0.0622. The fraction of sp³-hybridized carbons (Fsp3) is 0.214. The molecule has 1 fully saturated rings. The Morgan fingerprint density at radius 3 is 1.97 bits per heavy atom. The number of esters is 1. The van der Waals surface area contributed by atoms with Crippen LogP contribution in [0.1, 0.15) is 43.8 Å². The lowest BCUT2D eigenvalue weighted by atomic mass is 10.1. The van der Waals surface area contributed by atoms with Gasteiger partial charge in [-0.25, -0.2) is 4.90 Å². The molecule has 0 saturated carbocycles. The van der Waals surface area contributed by atoms with E-state index in [9.17, 15) is 19.2 Å². The zero-order valence-corrected chi connectivity index (χ0v) is 27.2. The molecule has 3 aromatic rings. The summed E-state index contributed by atoms with van der Waals surface area (Å²) in [5, 5.41) is 0. The molecule has 2 heterocycles. The molecule has 2 aliphatic heterocycles. The maximum absolute atomic E-state index is 13.3. The molecule has 11 heteroatoms. The highest BCUT2D eigenvalue weighted by atomic mass is 79.9. The average Bonchev–Trinajstić information content (AvgIpc) is 3.40. The number of imide groups is 1. The van der Waals surface area contributed by atoms with E-state index in [1.807, 2.05) is 32.0 Å². The molecule has 2 aliphatic rings. The molecule has 0 radical (unpaired) electrons. The molecule has 0 aliphatic carbocycles. The number of hydrogen-bond donors (Lipinski definition) is 0. The second kappa shape index (κ2) is 10.6. The quantitative estimate of drug-likeness (QED) is 0.0905. The van der Waals surface area contributed by atoms with Crippen LogP contribution in [0.3, 0.4) is 0 Å². The normalized spacial score (nSPS) is 16.8. The number of carbonyl (C=O) groups excluding carboxylic acids is 4. The second-order valence-electron chi connectivity index (χ2n) is 9.49. The van der Waals surface area contributed by atoms with Crippen LogP contribution in [0.5, 0.6) is 5.75 Å². The van der Waals surface area contributed by atoms with E-state index in [1.54, 1.807) is 24.0 Å². The Balaban J connectivity index is 1.34. The smallest absolute Gasteiger partial charge is 0.316 e. The number of halogens is 4. The maximum Gasteiger partial charge on any atom is 0.316 e. The van der Waals surface area contributed by atoms with Crippen LogP contribution in [0.15, 0.2) is 54.3 Å². The number of rotatable bonds is 4. The van der Waals surface area contributed by atoms with E-state index in [1.165, 1.54) is 6.07 Å². The summed E-state index contributed by atoms with van der Waals surface area (Å²) in [7, 11) is 0. The Morgan fingerprint density at radius 2 is 1.41 bits per heavy atom. The summed E-state index contributed by atoms with van der Waals surface area (Å²) >= 11 is 13.7. The van der Waals surface area contributed by atoms with E-state index in [-0.39, 0.29) is 35.7 Å². The third kappa shape index (κ3) is 4.81. The van der Waals surface area contributed by atoms with Gasteiger partial charge in [-0.2, -0.15) is 0 Å². The monoisotopic (exact) mass is 780 g/mol. The Labute approximate surface area is 258 Å². The fourth-order valence-electron chi connectivity index (χ4n) is 4.72. The molecule has 1 atom stereocenters. The first-order valence-electron chi connectivity index (χ1n) is 11.8. The molecule has 0 aromatic heterocycles. The Bertz CT molecular complexity index is 1570. The van der Waals surface area contributed by atoms with E-state index in [4.69, 9.17) is 4.74 Å². The SMILES string of the molecule is Cc1ccc(N2C[C@H](C(=O)Oc3ccc(N4C(=O)c5c(Br)c(Br)c(Br)c(Br)c5C4=O)c(C)c3)CC2=O)cc1C. The van der Waals surface area contributed by atoms with Crippen LogP contribution in [0, 0.1) is 26.7 Å². The van der Waals surface area contributed by atoms with Crippen LogP contribution in [-0.2, 0) is 9.59 Å². The van der Waals surface area contributed by atoms with Crippen molar-refractivity contribution in [1.82, 2.24) is 0 Å². The predicted octanol–water partition coefficient (Wildman–Crippen LogP) is 7.42. The van der Waals surface area contributed by atoms with Crippen molar-refractivity contribution < 1.29 is 23.9 Å². The molecule has 7 nitrogen and oxygen atoms in total. The number of aryl methyl sites for hydroxylation is 3.